The first-order valence-corrected chi connectivity index (χ1v) is 10.3. The van der Waals surface area contributed by atoms with E-state index in [0.717, 1.165) is 25.1 Å². The van der Waals surface area contributed by atoms with Crippen molar-refractivity contribution in [1.29, 1.82) is 0 Å². The number of carbonyl (C=O) groups is 1. The molecule has 1 aromatic carbocycles. The van der Waals surface area contributed by atoms with Crippen LogP contribution in [-0.4, -0.2) is 66.7 Å². The summed E-state index contributed by atoms with van der Waals surface area (Å²) in [5.41, 5.74) is 0.940. The lowest BCUT2D eigenvalue weighted by Crippen LogP contribution is -2.52. The number of hydrazine groups is 1. The molecular weight excluding hydrogens is 412 g/mol. The molecule has 10 heteroatoms. The number of nitrogens with zero attached hydrogens (tertiary/aromatic N) is 2. The van der Waals surface area contributed by atoms with Gasteiger partial charge in [-0.25, -0.2) is 0 Å². The van der Waals surface area contributed by atoms with Crippen LogP contribution in [0, 0.1) is 0 Å². The van der Waals surface area contributed by atoms with E-state index in [1.807, 2.05) is 28.2 Å². The average molecular weight is 441 g/mol. The van der Waals surface area contributed by atoms with Crippen LogP contribution >= 0.6 is 24.4 Å². The third kappa shape index (κ3) is 6.33. The maximum Gasteiger partial charge on any atom is 0.307 e. The quantitative estimate of drug-likeness (QED) is 0.462. The second-order valence-electron chi connectivity index (χ2n) is 6.20. The third-order valence-corrected chi connectivity index (χ3v) is 5.04. The summed E-state index contributed by atoms with van der Waals surface area (Å²) in [6.45, 7) is 4.60. The molecule has 160 valence electrons. The van der Waals surface area contributed by atoms with Crippen molar-refractivity contribution in [3.8, 4) is 11.5 Å². The fourth-order valence-corrected chi connectivity index (χ4v) is 3.54. The van der Waals surface area contributed by atoms with Crippen molar-refractivity contribution in [2.45, 2.75) is 26.3 Å². The van der Waals surface area contributed by atoms with Gasteiger partial charge in [-0.05, 0) is 43.8 Å². The second-order valence-corrected chi connectivity index (χ2v) is 6.97. The van der Waals surface area contributed by atoms with E-state index in [1.165, 1.54) is 0 Å². The molecule has 8 nitrogen and oxygen atoms in total. The summed E-state index contributed by atoms with van der Waals surface area (Å²) in [6, 6.07) is 5.72. The van der Waals surface area contributed by atoms with Gasteiger partial charge in [-0.15, -0.1) is 0 Å². The van der Waals surface area contributed by atoms with Crippen LogP contribution in [0.1, 0.15) is 25.3 Å². The van der Waals surface area contributed by atoms with Crippen molar-refractivity contribution in [2.24, 2.45) is 0 Å². The molecule has 0 atom stereocenters. The van der Waals surface area contributed by atoms with Crippen molar-refractivity contribution in [3.05, 3.63) is 23.8 Å². The molecule has 29 heavy (non-hydrogen) atoms. The summed E-state index contributed by atoms with van der Waals surface area (Å²) in [4.78, 5) is 11.5. The van der Waals surface area contributed by atoms with Gasteiger partial charge in [0, 0.05) is 31.7 Å². The Hall–Kier alpha value is -2.33. The molecule has 0 unspecified atom stereocenters. The lowest BCUT2D eigenvalue weighted by atomic mass is 10.2. The van der Waals surface area contributed by atoms with E-state index in [0.29, 0.717) is 41.4 Å². The van der Waals surface area contributed by atoms with Crippen LogP contribution in [0.25, 0.3) is 0 Å². The Morgan fingerprint density at radius 1 is 1.10 bits per heavy atom. The Bertz CT molecular complexity index is 732. The zero-order valence-electron chi connectivity index (χ0n) is 17.0. The number of benzene rings is 1. The van der Waals surface area contributed by atoms with Crippen LogP contribution in [0.3, 0.4) is 0 Å². The van der Waals surface area contributed by atoms with Gasteiger partial charge >= 0.3 is 5.97 Å². The number of thiocarbonyl (C=S) groups is 2. The Kier molecular flexibility index (Phi) is 9.20. The van der Waals surface area contributed by atoms with Gasteiger partial charge in [0.2, 0.25) is 0 Å². The molecule has 2 N–H and O–H groups in total. The Morgan fingerprint density at radius 3 is 2.41 bits per heavy atom. The number of ether oxygens (including phenoxy) is 3. The number of hydrogen-bond donors (Lipinski definition) is 2. The largest absolute Gasteiger partial charge is 0.493 e. The fraction of sp³-hybridized carbons (Fsp3) is 0.526. The van der Waals surface area contributed by atoms with Crippen LogP contribution in [0.5, 0.6) is 11.5 Å². The maximum atomic E-state index is 11.5. The summed E-state index contributed by atoms with van der Waals surface area (Å²) in [5, 5.41) is 11.3. The van der Waals surface area contributed by atoms with Gasteiger partial charge in [0.05, 0.1) is 27.2 Å². The van der Waals surface area contributed by atoms with Crippen molar-refractivity contribution in [2.75, 3.05) is 40.5 Å². The normalized spacial score (nSPS) is 13.1. The van der Waals surface area contributed by atoms with Crippen molar-refractivity contribution in [3.63, 3.8) is 0 Å². The molecule has 0 bridgehead atoms. The summed E-state index contributed by atoms with van der Waals surface area (Å²) < 4.78 is 15.7. The molecule has 0 spiro atoms. The zero-order valence-corrected chi connectivity index (χ0v) is 18.7. The van der Waals surface area contributed by atoms with Gasteiger partial charge in [0.15, 0.2) is 21.7 Å². The first kappa shape index (κ1) is 23.0. The standard InChI is InChI=1S/C19H28N4O4S2/c1-4-27-16(24)9-10-20-18(28)22-11-6-12-23(22)19(29)21-13-14-7-5-8-15(25-2)17(14)26-3/h5,7-8H,4,6,9-13H2,1-3H3,(H,20,28)(H,21,29). The number of para-hydroxylation sites is 1. The molecule has 1 aromatic rings. The minimum Gasteiger partial charge on any atom is -0.493 e. The molecule has 1 fully saturated rings. The number of nitrogens with one attached hydrogen (secondary N) is 2. The van der Waals surface area contributed by atoms with Gasteiger partial charge in [-0.1, -0.05) is 12.1 Å². The van der Waals surface area contributed by atoms with E-state index in [-0.39, 0.29) is 12.4 Å². The highest BCUT2D eigenvalue weighted by Crippen LogP contribution is 2.30. The molecule has 0 radical (unpaired) electrons. The van der Waals surface area contributed by atoms with Crippen molar-refractivity contribution >= 4 is 40.6 Å². The molecule has 0 amide bonds. The number of rotatable bonds is 8. The van der Waals surface area contributed by atoms with Crippen LogP contribution in [0.2, 0.25) is 0 Å². The highest BCUT2D eigenvalue weighted by Gasteiger charge is 2.26. The summed E-state index contributed by atoms with van der Waals surface area (Å²) >= 11 is 11.1. The van der Waals surface area contributed by atoms with Crippen LogP contribution in [0.15, 0.2) is 18.2 Å². The summed E-state index contributed by atoms with van der Waals surface area (Å²) in [6.07, 6.45) is 1.20. The van der Waals surface area contributed by atoms with Crippen LogP contribution in [0.4, 0.5) is 0 Å². The number of hydrogen-bond acceptors (Lipinski definition) is 6. The van der Waals surface area contributed by atoms with E-state index >= 15 is 0 Å². The molecule has 0 saturated carbocycles. The minimum absolute atomic E-state index is 0.245. The molecule has 0 aliphatic carbocycles. The first-order chi connectivity index (χ1) is 14.0. The van der Waals surface area contributed by atoms with E-state index in [9.17, 15) is 4.79 Å². The van der Waals surface area contributed by atoms with E-state index in [2.05, 4.69) is 10.6 Å². The van der Waals surface area contributed by atoms with Gasteiger partial charge in [-0.3, -0.25) is 14.8 Å². The molecule has 1 aliphatic heterocycles. The minimum atomic E-state index is -0.245. The topological polar surface area (TPSA) is 75.3 Å². The molecule has 2 rings (SSSR count). The van der Waals surface area contributed by atoms with E-state index < -0.39 is 0 Å². The number of esters is 1. The molecule has 0 aromatic heterocycles. The molecule has 1 aliphatic rings. The van der Waals surface area contributed by atoms with Gasteiger partial charge < -0.3 is 24.8 Å². The SMILES string of the molecule is CCOC(=O)CCNC(=S)N1CCCN1C(=S)NCc1cccc(OC)c1OC. The Morgan fingerprint density at radius 2 is 1.79 bits per heavy atom. The summed E-state index contributed by atoms with van der Waals surface area (Å²) in [7, 11) is 3.22. The predicted molar refractivity (Wildman–Crippen MR) is 119 cm³/mol. The summed E-state index contributed by atoms with van der Waals surface area (Å²) in [5.74, 6) is 1.11. The highest BCUT2D eigenvalue weighted by molar-refractivity contribution is 7.80. The van der Waals surface area contributed by atoms with Crippen LogP contribution < -0.4 is 20.1 Å². The average Bonchev–Trinajstić information content (AvgIpc) is 3.21. The molecule has 1 heterocycles. The first-order valence-electron chi connectivity index (χ1n) is 9.47. The van der Waals surface area contributed by atoms with Crippen molar-refractivity contribution in [1.82, 2.24) is 20.7 Å². The maximum absolute atomic E-state index is 11.5. The lowest BCUT2D eigenvalue weighted by molar-refractivity contribution is -0.142. The predicted octanol–water partition coefficient (Wildman–Crippen LogP) is 1.83. The fourth-order valence-electron chi connectivity index (χ4n) is 2.98. The smallest absolute Gasteiger partial charge is 0.307 e. The second kappa shape index (κ2) is 11.6. The molecular formula is C19H28N4O4S2. The number of methoxy groups -OCH3 is 2. The Balaban J connectivity index is 1.90. The Labute approximate surface area is 182 Å². The van der Waals surface area contributed by atoms with Gasteiger partial charge in [-0.2, -0.15) is 0 Å². The highest BCUT2D eigenvalue weighted by atomic mass is 32.1. The van der Waals surface area contributed by atoms with Gasteiger partial charge in [0.1, 0.15) is 0 Å². The van der Waals surface area contributed by atoms with E-state index in [4.69, 9.17) is 38.6 Å². The van der Waals surface area contributed by atoms with Crippen LogP contribution in [-0.2, 0) is 16.1 Å². The monoisotopic (exact) mass is 440 g/mol. The third-order valence-electron chi connectivity index (χ3n) is 4.33. The van der Waals surface area contributed by atoms with Gasteiger partial charge in [0.25, 0.3) is 0 Å². The zero-order chi connectivity index (χ0) is 21.2. The van der Waals surface area contributed by atoms with Crippen molar-refractivity contribution < 1.29 is 19.0 Å². The van der Waals surface area contributed by atoms with E-state index in [1.54, 1.807) is 21.1 Å². The number of carbonyl (C=O) groups excluding carboxylic acids is 1. The molecule has 1 saturated heterocycles. The lowest BCUT2D eigenvalue weighted by Gasteiger charge is -2.32.